The number of anilines is 1. The van der Waals surface area contributed by atoms with Crippen LogP contribution in [0.4, 0.5) is 5.82 Å². The summed E-state index contributed by atoms with van der Waals surface area (Å²) in [6, 6.07) is 2.02. The van der Waals surface area contributed by atoms with Gasteiger partial charge >= 0.3 is 0 Å². The van der Waals surface area contributed by atoms with Gasteiger partial charge in [-0.05, 0) is 23.3 Å². The van der Waals surface area contributed by atoms with Gasteiger partial charge in [0.05, 0.1) is 11.9 Å². The van der Waals surface area contributed by atoms with Crippen LogP contribution in [0.2, 0.25) is 0 Å². The standard InChI is InChI=1S/C15H20N4OS/c1-9(2)10-6-13(20)19(7-10)8-12-17-14(16-3)11-4-5-21-15(11)18-12/h4-5,9-10H,6-8H2,1-3H3,(H,16,17,18). The Morgan fingerprint density at radius 2 is 2.29 bits per heavy atom. The Kier molecular flexibility index (Phi) is 3.80. The highest BCUT2D eigenvalue weighted by atomic mass is 32.1. The molecule has 0 saturated carbocycles. The third-order valence-electron chi connectivity index (χ3n) is 4.13. The molecule has 1 aliphatic rings. The zero-order valence-electron chi connectivity index (χ0n) is 12.6. The Morgan fingerprint density at radius 1 is 1.48 bits per heavy atom. The van der Waals surface area contributed by atoms with E-state index in [1.807, 2.05) is 23.4 Å². The Bertz CT molecular complexity index is 667. The van der Waals surface area contributed by atoms with Crippen molar-refractivity contribution in [1.82, 2.24) is 14.9 Å². The van der Waals surface area contributed by atoms with Gasteiger partial charge in [0.1, 0.15) is 10.6 Å². The molecular formula is C15H20N4OS. The van der Waals surface area contributed by atoms with Gasteiger partial charge in [-0.2, -0.15) is 0 Å². The lowest BCUT2D eigenvalue weighted by Crippen LogP contribution is -2.26. The molecule has 0 spiro atoms. The summed E-state index contributed by atoms with van der Waals surface area (Å²) in [5, 5.41) is 6.17. The molecule has 0 aliphatic carbocycles. The number of nitrogens with zero attached hydrogens (tertiary/aromatic N) is 3. The molecule has 1 aliphatic heterocycles. The molecule has 1 atom stereocenters. The van der Waals surface area contributed by atoms with Crippen molar-refractivity contribution in [3.63, 3.8) is 0 Å². The maximum absolute atomic E-state index is 12.1. The van der Waals surface area contributed by atoms with Crippen LogP contribution in [0.15, 0.2) is 11.4 Å². The first-order chi connectivity index (χ1) is 10.1. The predicted octanol–water partition coefficient (Wildman–Crippen LogP) is 2.74. The second-order valence-corrected chi connectivity index (χ2v) is 6.75. The number of rotatable bonds is 4. The SMILES string of the molecule is CNc1nc(CN2CC(C(C)C)CC2=O)nc2sccc12. The third kappa shape index (κ3) is 2.72. The number of carbonyl (C=O) groups is 1. The van der Waals surface area contributed by atoms with Gasteiger partial charge in [-0.25, -0.2) is 9.97 Å². The van der Waals surface area contributed by atoms with E-state index in [1.165, 1.54) is 0 Å². The van der Waals surface area contributed by atoms with E-state index in [9.17, 15) is 4.79 Å². The first kappa shape index (κ1) is 14.3. The zero-order chi connectivity index (χ0) is 15.0. The lowest BCUT2D eigenvalue weighted by Gasteiger charge is -2.17. The van der Waals surface area contributed by atoms with Gasteiger partial charge < -0.3 is 10.2 Å². The van der Waals surface area contributed by atoms with Crippen molar-refractivity contribution in [3.8, 4) is 0 Å². The van der Waals surface area contributed by atoms with Crippen LogP contribution in [0, 0.1) is 11.8 Å². The molecule has 112 valence electrons. The normalized spacial score (nSPS) is 19.0. The fraction of sp³-hybridized carbons (Fsp3) is 0.533. The summed E-state index contributed by atoms with van der Waals surface area (Å²) >= 11 is 1.60. The Hall–Kier alpha value is -1.69. The highest BCUT2D eigenvalue weighted by Gasteiger charge is 2.31. The number of hydrogen-bond acceptors (Lipinski definition) is 5. The number of amides is 1. The van der Waals surface area contributed by atoms with Crippen molar-refractivity contribution in [1.29, 1.82) is 0 Å². The first-order valence-corrected chi connectivity index (χ1v) is 8.16. The summed E-state index contributed by atoms with van der Waals surface area (Å²) in [5.74, 6) is 2.75. The lowest BCUT2D eigenvalue weighted by atomic mass is 9.95. The van der Waals surface area contributed by atoms with Crippen molar-refractivity contribution in [2.24, 2.45) is 11.8 Å². The minimum atomic E-state index is 0.217. The number of likely N-dealkylation sites (tertiary alicyclic amines) is 1. The fourth-order valence-electron chi connectivity index (χ4n) is 2.73. The lowest BCUT2D eigenvalue weighted by molar-refractivity contribution is -0.128. The third-order valence-corrected chi connectivity index (χ3v) is 4.93. The van der Waals surface area contributed by atoms with E-state index in [0.29, 0.717) is 30.6 Å². The predicted molar refractivity (Wildman–Crippen MR) is 85.3 cm³/mol. The molecule has 5 nitrogen and oxygen atoms in total. The Balaban J connectivity index is 1.83. The van der Waals surface area contributed by atoms with E-state index in [0.717, 1.165) is 22.6 Å². The molecular weight excluding hydrogens is 284 g/mol. The summed E-state index contributed by atoms with van der Waals surface area (Å²) in [7, 11) is 1.86. The van der Waals surface area contributed by atoms with E-state index < -0.39 is 0 Å². The second-order valence-electron chi connectivity index (χ2n) is 5.86. The maximum atomic E-state index is 12.1. The average molecular weight is 304 g/mol. The van der Waals surface area contributed by atoms with Gasteiger partial charge in [-0.3, -0.25) is 4.79 Å². The summed E-state index contributed by atoms with van der Waals surface area (Å²) in [5.41, 5.74) is 0. The van der Waals surface area contributed by atoms with Crippen molar-refractivity contribution in [3.05, 3.63) is 17.3 Å². The number of fused-ring (bicyclic) bond motifs is 1. The van der Waals surface area contributed by atoms with Crippen molar-refractivity contribution in [2.75, 3.05) is 18.9 Å². The van der Waals surface area contributed by atoms with Gasteiger partial charge in [0.2, 0.25) is 5.91 Å². The van der Waals surface area contributed by atoms with Gasteiger partial charge in [-0.1, -0.05) is 13.8 Å². The minimum absolute atomic E-state index is 0.217. The quantitative estimate of drug-likeness (QED) is 0.943. The van der Waals surface area contributed by atoms with E-state index in [1.54, 1.807) is 11.3 Å². The summed E-state index contributed by atoms with van der Waals surface area (Å²) in [6.07, 6.45) is 0.651. The number of nitrogens with one attached hydrogen (secondary N) is 1. The molecule has 0 radical (unpaired) electrons. The first-order valence-electron chi connectivity index (χ1n) is 7.28. The number of carbonyl (C=O) groups excluding carboxylic acids is 1. The Labute approximate surface area is 128 Å². The van der Waals surface area contributed by atoms with Crippen LogP contribution in [0.25, 0.3) is 10.2 Å². The van der Waals surface area contributed by atoms with Crippen LogP contribution < -0.4 is 5.32 Å². The number of hydrogen-bond donors (Lipinski definition) is 1. The van der Waals surface area contributed by atoms with Crippen LogP contribution in [0.5, 0.6) is 0 Å². The van der Waals surface area contributed by atoms with Crippen molar-refractivity contribution >= 4 is 33.3 Å². The van der Waals surface area contributed by atoms with Crippen molar-refractivity contribution < 1.29 is 4.79 Å². The monoisotopic (exact) mass is 304 g/mol. The average Bonchev–Trinajstić information content (AvgIpc) is 3.05. The maximum Gasteiger partial charge on any atom is 0.223 e. The topological polar surface area (TPSA) is 58.1 Å². The highest BCUT2D eigenvalue weighted by Crippen LogP contribution is 2.28. The van der Waals surface area contributed by atoms with E-state index >= 15 is 0 Å². The van der Waals surface area contributed by atoms with Gasteiger partial charge in [-0.15, -0.1) is 11.3 Å². The molecule has 6 heteroatoms. The molecule has 1 unspecified atom stereocenters. The Morgan fingerprint density at radius 3 is 2.95 bits per heavy atom. The van der Waals surface area contributed by atoms with Crippen LogP contribution >= 0.6 is 11.3 Å². The summed E-state index contributed by atoms with van der Waals surface area (Å²) in [6.45, 7) is 5.67. The van der Waals surface area contributed by atoms with Crippen LogP contribution in [0.3, 0.4) is 0 Å². The molecule has 1 N–H and O–H groups in total. The molecule has 3 heterocycles. The smallest absolute Gasteiger partial charge is 0.223 e. The summed E-state index contributed by atoms with van der Waals surface area (Å²) < 4.78 is 0. The van der Waals surface area contributed by atoms with Crippen molar-refractivity contribution in [2.45, 2.75) is 26.8 Å². The molecule has 2 aromatic rings. The van der Waals surface area contributed by atoms with Gasteiger partial charge in [0.15, 0.2) is 5.82 Å². The molecule has 1 amide bonds. The summed E-state index contributed by atoms with van der Waals surface area (Å²) in [4.78, 5) is 24.1. The van der Waals surface area contributed by atoms with Gasteiger partial charge in [0.25, 0.3) is 0 Å². The van der Waals surface area contributed by atoms with E-state index in [2.05, 4.69) is 29.1 Å². The van der Waals surface area contributed by atoms with Crippen LogP contribution in [-0.2, 0) is 11.3 Å². The number of thiophene rings is 1. The minimum Gasteiger partial charge on any atom is -0.372 e. The largest absolute Gasteiger partial charge is 0.372 e. The van der Waals surface area contributed by atoms with E-state index in [4.69, 9.17) is 0 Å². The second kappa shape index (κ2) is 5.60. The molecule has 1 fully saturated rings. The molecule has 0 bridgehead atoms. The van der Waals surface area contributed by atoms with Crippen LogP contribution in [-0.4, -0.2) is 34.4 Å². The highest BCUT2D eigenvalue weighted by molar-refractivity contribution is 7.16. The van der Waals surface area contributed by atoms with E-state index in [-0.39, 0.29) is 5.91 Å². The van der Waals surface area contributed by atoms with Crippen LogP contribution in [0.1, 0.15) is 26.1 Å². The molecule has 3 rings (SSSR count). The molecule has 2 aromatic heterocycles. The zero-order valence-corrected chi connectivity index (χ0v) is 13.4. The fourth-order valence-corrected chi connectivity index (χ4v) is 3.52. The molecule has 0 aromatic carbocycles. The molecule has 21 heavy (non-hydrogen) atoms. The molecule has 1 saturated heterocycles. The number of aromatic nitrogens is 2. The van der Waals surface area contributed by atoms with Gasteiger partial charge in [0, 0.05) is 20.0 Å².